The highest BCUT2D eigenvalue weighted by Gasteiger charge is 2.13. The van der Waals surface area contributed by atoms with Gasteiger partial charge in [0.15, 0.2) is 6.29 Å². The molecule has 22 heavy (non-hydrogen) atoms. The highest BCUT2D eigenvalue weighted by atomic mass is 16.5. The molecule has 3 heteroatoms. The third-order valence-corrected chi connectivity index (χ3v) is 4.03. The van der Waals surface area contributed by atoms with Gasteiger partial charge in [-0.3, -0.25) is 4.79 Å². The van der Waals surface area contributed by atoms with Gasteiger partial charge >= 0.3 is 0 Å². The van der Waals surface area contributed by atoms with E-state index in [1.54, 1.807) is 0 Å². The predicted molar refractivity (Wildman–Crippen MR) is 88.5 cm³/mol. The highest BCUT2D eigenvalue weighted by Crippen LogP contribution is 2.28. The number of benzene rings is 2. The first kappa shape index (κ1) is 14.4. The van der Waals surface area contributed by atoms with Crippen LogP contribution >= 0.6 is 0 Å². The van der Waals surface area contributed by atoms with Crippen LogP contribution in [0.25, 0.3) is 10.9 Å². The number of rotatable bonds is 5. The summed E-state index contributed by atoms with van der Waals surface area (Å²) in [4.78, 5) is 11.4. The first-order chi connectivity index (χ1) is 10.7. The molecule has 112 valence electrons. The summed E-state index contributed by atoms with van der Waals surface area (Å²) in [7, 11) is 0. The number of ether oxygens (including phenoxy) is 1. The smallest absolute Gasteiger partial charge is 0.152 e. The topological polar surface area (TPSA) is 31.2 Å². The van der Waals surface area contributed by atoms with Crippen LogP contribution in [-0.4, -0.2) is 10.9 Å². The Morgan fingerprint density at radius 2 is 1.91 bits per heavy atom. The molecule has 1 heterocycles. The molecular weight excluding hydrogens is 274 g/mol. The van der Waals surface area contributed by atoms with Crippen LogP contribution in [-0.2, 0) is 13.2 Å². The van der Waals surface area contributed by atoms with Crippen LogP contribution in [0.15, 0.2) is 48.5 Å². The van der Waals surface area contributed by atoms with E-state index in [9.17, 15) is 4.79 Å². The normalized spacial score (nSPS) is 10.8. The maximum Gasteiger partial charge on any atom is 0.152 e. The summed E-state index contributed by atoms with van der Waals surface area (Å²) in [5, 5.41) is 0.958. The number of carbonyl (C=O) groups excluding carboxylic acids is 1. The molecule has 3 rings (SSSR count). The molecule has 2 aromatic carbocycles. The molecule has 3 nitrogen and oxygen atoms in total. The van der Waals surface area contributed by atoms with E-state index in [-0.39, 0.29) is 0 Å². The SMILES string of the molecule is CCn1c(C)c(C=O)c2cc(OCc3ccccc3)ccc21. The summed E-state index contributed by atoms with van der Waals surface area (Å²) in [5.41, 5.74) is 3.96. The van der Waals surface area contributed by atoms with E-state index in [1.807, 2.05) is 55.5 Å². The summed E-state index contributed by atoms with van der Waals surface area (Å²) in [6.07, 6.45) is 0.935. The van der Waals surface area contributed by atoms with Crippen molar-refractivity contribution >= 4 is 17.2 Å². The summed E-state index contributed by atoms with van der Waals surface area (Å²) in [5.74, 6) is 0.785. The van der Waals surface area contributed by atoms with Gasteiger partial charge in [0, 0.05) is 28.7 Å². The molecule has 0 unspecified atom stereocenters. The number of aryl methyl sites for hydroxylation is 1. The third-order valence-electron chi connectivity index (χ3n) is 4.03. The Morgan fingerprint density at radius 1 is 1.14 bits per heavy atom. The van der Waals surface area contributed by atoms with Gasteiger partial charge in [0.05, 0.1) is 0 Å². The second kappa shape index (κ2) is 6.06. The van der Waals surface area contributed by atoms with Gasteiger partial charge in [0.2, 0.25) is 0 Å². The van der Waals surface area contributed by atoms with Crippen LogP contribution in [0.1, 0.15) is 28.5 Å². The fourth-order valence-corrected chi connectivity index (χ4v) is 2.87. The van der Waals surface area contributed by atoms with Crippen LogP contribution in [0, 0.1) is 6.92 Å². The van der Waals surface area contributed by atoms with Crippen LogP contribution < -0.4 is 4.74 Å². The number of aldehydes is 1. The molecule has 0 amide bonds. The molecule has 0 N–H and O–H groups in total. The number of carbonyl (C=O) groups is 1. The Labute approximate surface area is 130 Å². The maximum absolute atomic E-state index is 11.4. The number of hydrogen-bond donors (Lipinski definition) is 0. The summed E-state index contributed by atoms with van der Waals surface area (Å²) in [6, 6.07) is 16.0. The zero-order valence-electron chi connectivity index (χ0n) is 12.9. The van der Waals surface area contributed by atoms with Crippen LogP contribution in [0.5, 0.6) is 5.75 Å². The highest BCUT2D eigenvalue weighted by molar-refractivity contribution is 6.00. The summed E-state index contributed by atoms with van der Waals surface area (Å²) < 4.78 is 8.01. The van der Waals surface area contributed by atoms with E-state index in [0.29, 0.717) is 6.61 Å². The first-order valence-electron chi connectivity index (χ1n) is 7.49. The Morgan fingerprint density at radius 3 is 2.59 bits per heavy atom. The minimum absolute atomic E-state index is 0.524. The van der Waals surface area contributed by atoms with Crippen molar-refractivity contribution in [1.29, 1.82) is 0 Å². The Bertz CT molecular complexity index is 803. The van der Waals surface area contributed by atoms with E-state index in [0.717, 1.165) is 46.3 Å². The van der Waals surface area contributed by atoms with Gasteiger partial charge in [-0.25, -0.2) is 0 Å². The number of fused-ring (bicyclic) bond motifs is 1. The molecule has 0 saturated carbocycles. The number of aromatic nitrogens is 1. The van der Waals surface area contributed by atoms with Gasteiger partial charge in [-0.05, 0) is 37.6 Å². The van der Waals surface area contributed by atoms with Crippen molar-refractivity contribution in [3.63, 3.8) is 0 Å². The van der Waals surface area contributed by atoms with Crippen molar-refractivity contribution in [3.05, 3.63) is 65.4 Å². The lowest BCUT2D eigenvalue weighted by Crippen LogP contribution is -1.97. The molecule has 0 radical (unpaired) electrons. The molecule has 0 saturated heterocycles. The minimum Gasteiger partial charge on any atom is -0.489 e. The lowest BCUT2D eigenvalue weighted by molar-refractivity contribution is 0.112. The predicted octanol–water partition coefficient (Wildman–Crippen LogP) is 4.36. The van der Waals surface area contributed by atoms with Crippen molar-refractivity contribution in [1.82, 2.24) is 4.57 Å². The molecule has 0 aliphatic rings. The van der Waals surface area contributed by atoms with E-state index in [2.05, 4.69) is 11.5 Å². The monoisotopic (exact) mass is 293 g/mol. The van der Waals surface area contributed by atoms with Gasteiger partial charge in [0.1, 0.15) is 12.4 Å². The van der Waals surface area contributed by atoms with E-state index in [1.165, 1.54) is 0 Å². The molecule has 0 spiro atoms. The summed E-state index contributed by atoms with van der Waals surface area (Å²) in [6.45, 7) is 5.44. The molecule has 1 aromatic heterocycles. The van der Waals surface area contributed by atoms with Gasteiger partial charge in [-0.15, -0.1) is 0 Å². The average molecular weight is 293 g/mol. The van der Waals surface area contributed by atoms with Crippen molar-refractivity contribution in [2.24, 2.45) is 0 Å². The number of hydrogen-bond acceptors (Lipinski definition) is 2. The molecule has 0 atom stereocenters. The zero-order valence-corrected chi connectivity index (χ0v) is 12.9. The van der Waals surface area contributed by atoms with Crippen molar-refractivity contribution < 1.29 is 9.53 Å². The van der Waals surface area contributed by atoms with Crippen LogP contribution in [0.4, 0.5) is 0 Å². The second-order valence-corrected chi connectivity index (χ2v) is 5.31. The minimum atomic E-state index is 0.524. The lowest BCUT2D eigenvalue weighted by Gasteiger charge is -2.07. The van der Waals surface area contributed by atoms with E-state index < -0.39 is 0 Å². The van der Waals surface area contributed by atoms with Crippen LogP contribution in [0.2, 0.25) is 0 Å². The molecule has 0 aliphatic heterocycles. The molecule has 0 bridgehead atoms. The quantitative estimate of drug-likeness (QED) is 0.654. The van der Waals surface area contributed by atoms with Gasteiger partial charge in [0.25, 0.3) is 0 Å². The fourth-order valence-electron chi connectivity index (χ4n) is 2.87. The first-order valence-corrected chi connectivity index (χ1v) is 7.49. The standard InChI is InChI=1S/C19H19NO2/c1-3-20-14(2)18(12-21)17-11-16(9-10-19(17)20)22-13-15-7-5-4-6-8-15/h4-12H,3,13H2,1-2H3. The molecule has 3 aromatic rings. The largest absolute Gasteiger partial charge is 0.489 e. The maximum atomic E-state index is 11.4. The molecular formula is C19H19NO2. The second-order valence-electron chi connectivity index (χ2n) is 5.31. The summed E-state index contributed by atoms with van der Waals surface area (Å²) >= 11 is 0. The van der Waals surface area contributed by atoms with Crippen molar-refractivity contribution in [2.75, 3.05) is 0 Å². The fraction of sp³-hybridized carbons (Fsp3) is 0.211. The van der Waals surface area contributed by atoms with Crippen molar-refractivity contribution in [3.8, 4) is 5.75 Å². The third kappa shape index (κ3) is 2.50. The van der Waals surface area contributed by atoms with Gasteiger partial charge in [-0.1, -0.05) is 30.3 Å². The van der Waals surface area contributed by atoms with E-state index >= 15 is 0 Å². The lowest BCUT2D eigenvalue weighted by atomic mass is 10.1. The Kier molecular flexibility index (Phi) is 3.96. The van der Waals surface area contributed by atoms with Gasteiger partial charge in [-0.2, -0.15) is 0 Å². The Balaban J connectivity index is 1.94. The average Bonchev–Trinajstić information content (AvgIpc) is 2.83. The Hall–Kier alpha value is -2.55. The van der Waals surface area contributed by atoms with Gasteiger partial charge < -0.3 is 9.30 Å². The zero-order chi connectivity index (χ0) is 15.5. The van der Waals surface area contributed by atoms with Crippen LogP contribution in [0.3, 0.4) is 0 Å². The van der Waals surface area contributed by atoms with Crippen molar-refractivity contribution in [2.45, 2.75) is 27.0 Å². The molecule has 0 fully saturated rings. The number of nitrogens with zero attached hydrogens (tertiary/aromatic N) is 1. The molecule has 0 aliphatic carbocycles. The van der Waals surface area contributed by atoms with E-state index in [4.69, 9.17) is 4.74 Å².